The van der Waals surface area contributed by atoms with Crippen LogP contribution < -0.4 is 11.2 Å². The second-order valence-electron chi connectivity index (χ2n) is 2.94. The second-order valence-corrected chi connectivity index (χ2v) is 4.71. The van der Waals surface area contributed by atoms with Crippen molar-refractivity contribution in [3.63, 3.8) is 0 Å². The molecule has 0 aliphatic carbocycles. The zero-order valence-corrected chi connectivity index (χ0v) is 9.47. The first-order valence-electron chi connectivity index (χ1n) is 3.92. The first kappa shape index (κ1) is 9.98. The summed E-state index contributed by atoms with van der Waals surface area (Å²) in [6.07, 6.45) is 0. The third-order valence-electron chi connectivity index (χ3n) is 1.96. The fraction of sp³-hybridized carbons (Fsp3) is 0. The highest BCUT2D eigenvalue weighted by Gasteiger charge is 2.18. The molecular weight excluding hydrogens is 265 g/mol. The number of rotatable bonds is 1. The fourth-order valence-corrected chi connectivity index (χ4v) is 3.23. The molecule has 2 aromatic rings. The summed E-state index contributed by atoms with van der Waals surface area (Å²) in [6, 6.07) is 3.57. The molecule has 0 bridgehead atoms. The standard InChI is InChI=1S/C8H7BBrNO2S/c10-6-1-4(11)2-7-8(6)5(3-14-7)9(12)13/h1-3,12-13H,11H2. The molecule has 0 unspecified atom stereocenters. The minimum absolute atomic E-state index is 0.511. The maximum Gasteiger partial charge on any atom is 0.489 e. The summed E-state index contributed by atoms with van der Waals surface area (Å²) in [5, 5.41) is 20.8. The van der Waals surface area contributed by atoms with Gasteiger partial charge in [-0.15, -0.1) is 11.3 Å². The van der Waals surface area contributed by atoms with Crippen LogP contribution in [0.3, 0.4) is 0 Å². The summed E-state index contributed by atoms with van der Waals surface area (Å²) in [5.74, 6) is 0. The predicted octanol–water partition coefficient (Wildman–Crippen LogP) is 0.926. The number of benzene rings is 1. The Balaban J connectivity index is 2.79. The Kier molecular flexibility index (Phi) is 2.53. The lowest BCUT2D eigenvalue weighted by Gasteiger charge is -2.01. The lowest BCUT2D eigenvalue weighted by molar-refractivity contribution is 0.426. The molecule has 1 aromatic carbocycles. The van der Waals surface area contributed by atoms with Crippen molar-refractivity contribution in [1.29, 1.82) is 0 Å². The monoisotopic (exact) mass is 271 g/mol. The maximum atomic E-state index is 9.11. The van der Waals surface area contributed by atoms with E-state index in [1.54, 1.807) is 11.4 Å². The van der Waals surface area contributed by atoms with Crippen molar-refractivity contribution in [3.8, 4) is 0 Å². The quantitative estimate of drug-likeness (QED) is 0.534. The number of hydrogen-bond acceptors (Lipinski definition) is 4. The number of halogens is 1. The Morgan fingerprint density at radius 1 is 1.36 bits per heavy atom. The molecule has 0 radical (unpaired) electrons. The first-order chi connectivity index (χ1) is 6.59. The van der Waals surface area contributed by atoms with E-state index >= 15 is 0 Å². The van der Waals surface area contributed by atoms with Crippen molar-refractivity contribution >= 4 is 55.6 Å². The van der Waals surface area contributed by atoms with Gasteiger partial charge in [0.25, 0.3) is 0 Å². The van der Waals surface area contributed by atoms with Crippen LogP contribution in [0.1, 0.15) is 0 Å². The van der Waals surface area contributed by atoms with E-state index in [-0.39, 0.29) is 0 Å². The number of fused-ring (bicyclic) bond motifs is 1. The molecule has 0 spiro atoms. The van der Waals surface area contributed by atoms with Crippen molar-refractivity contribution < 1.29 is 10.0 Å². The lowest BCUT2D eigenvalue weighted by Crippen LogP contribution is -2.28. The minimum atomic E-state index is -1.44. The highest BCUT2D eigenvalue weighted by Crippen LogP contribution is 2.29. The zero-order valence-electron chi connectivity index (χ0n) is 7.07. The summed E-state index contributed by atoms with van der Waals surface area (Å²) >= 11 is 4.79. The van der Waals surface area contributed by atoms with Gasteiger partial charge in [0.2, 0.25) is 0 Å². The van der Waals surface area contributed by atoms with Crippen LogP contribution >= 0.6 is 27.3 Å². The van der Waals surface area contributed by atoms with Crippen molar-refractivity contribution in [2.75, 3.05) is 5.73 Å². The molecule has 0 aliphatic heterocycles. The molecule has 0 fully saturated rings. The van der Waals surface area contributed by atoms with Crippen molar-refractivity contribution in [3.05, 3.63) is 22.0 Å². The second kappa shape index (κ2) is 3.54. The van der Waals surface area contributed by atoms with E-state index in [9.17, 15) is 0 Å². The molecule has 0 amide bonds. The smallest absolute Gasteiger partial charge is 0.423 e. The molecular formula is C8H7BBrNO2S. The van der Waals surface area contributed by atoms with Crippen LogP contribution in [0.5, 0.6) is 0 Å². The van der Waals surface area contributed by atoms with Gasteiger partial charge in [-0.3, -0.25) is 0 Å². The number of hydrogen-bond donors (Lipinski definition) is 3. The zero-order chi connectivity index (χ0) is 10.3. The average Bonchev–Trinajstić information content (AvgIpc) is 2.47. The van der Waals surface area contributed by atoms with Crippen LogP contribution in [0.15, 0.2) is 22.0 Å². The van der Waals surface area contributed by atoms with Crippen LogP contribution in [-0.4, -0.2) is 17.2 Å². The Bertz CT molecular complexity index is 485. The van der Waals surface area contributed by atoms with Crippen LogP contribution in [0.2, 0.25) is 0 Å². The van der Waals surface area contributed by atoms with E-state index in [0.29, 0.717) is 11.2 Å². The van der Waals surface area contributed by atoms with Crippen molar-refractivity contribution in [2.24, 2.45) is 0 Å². The van der Waals surface area contributed by atoms with Gasteiger partial charge in [-0.2, -0.15) is 0 Å². The van der Waals surface area contributed by atoms with Gasteiger partial charge in [0.05, 0.1) is 0 Å². The van der Waals surface area contributed by atoms with Gasteiger partial charge in [0, 0.05) is 25.7 Å². The molecule has 1 aromatic heterocycles. The van der Waals surface area contributed by atoms with E-state index in [1.807, 2.05) is 6.07 Å². The van der Waals surface area contributed by atoms with Crippen LogP contribution in [-0.2, 0) is 0 Å². The number of anilines is 1. The summed E-state index contributed by atoms with van der Waals surface area (Å²) in [7, 11) is -1.44. The van der Waals surface area contributed by atoms with Gasteiger partial charge in [0.1, 0.15) is 0 Å². The molecule has 72 valence electrons. The molecule has 0 aliphatic rings. The lowest BCUT2D eigenvalue weighted by atomic mass is 9.80. The number of nitrogen functional groups attached to an aromatic ring is 1. The first-order valence-corrected chi connectivity index (χ1v) is 5.59. The summed E-state index contributed by atoms with van der Waals surface area (Å²) in [4.78, 5) is 0. The summed E-state index contributed by atoms with van der Waals surface area (Å²) in [5.41, 5.74) is 6.83. The van der Waals surface area contributed by atoms with Gasteiger partial charge < -0.3 is 15.8 Å². The molecule has 0 saturated carbocycles. The fourth-order valence-electron chi connectivity index (χ4n) is 1.35. The maximum absolute atomic E-state index is 9.11. The van der Waals surface area contributed by atoms with Gasteiger partial charge >= 0.3 is 7.12 Å². The third-order valence-corrected chi connectivity index (χ3v) is 3.53. The molecule has 0 saturated heterocycles. The molecule has 2 rings (SSSR count). The normalized spacial score (nSPS) is 10.8. The SMILES string of the molecule is Nc1cc(Br)c2c(B(O)O)csc2c1. The van der Waals surface area contributed by atoms with Crippen molar-refractivity contribution in [1.82, 2.24) is 0 Å². The number of nitrogens with two attached hydrogens (primary N) is 1. The Morgan fingerprint density at radius 3 is 2.71 bits per heavy atom. The van der Waals surface area contributed by atoms with Crippen molar-refractivity contribution in [2.45, 2.75) is 0 Å². The van der Waals surface area contributed by atoms with Gasteiger partial charge in [-0.05, 0) is 17.5 Å². The molecule has 1 heterocycles. The molecule has 4 N–H and O–H groups in total. The van der Waals surface area contributed by atoms with Crippen LogP contribution in [0, 0.1) is 0 Å². The molecule has 6 heteroatoms. The van der Waals surface area contributed by atoms with E-state index in [2.05, 4.69) is 15.9 Å². The summed E-state index contributed by atoms with van der Waals surface area (Å²) < 4.78 is 1.73. The van der Waals surface area contributed by atoms with E-state index in [1.165, 1.54) is 11.3 Å². The molecule has 3 nitrogen and oxygen atoms in total. The third kappa shape index (κ3) is 1.54. The highest BCUT2D eigenvalue weighted by atomic mass is 79.9. The molecule has 14 heavy (non-hydrogen) atoms. The summed E-state index contributed by atoms with van der Waals surface area (Å²) in [6.45, 7) is 0. The highest BCUT2D eigenvalue weighted by molar-refractivity contribution is 9.10. The van der Waals surface area contributed by atoms with Crippen LogP contribution in [0.4, 0.5) is 5.69 Å². The molecule has 0 atom stereocenters. The minimum Gasteiger partial charge on any atom is -0.423 e. The van der Waals surface area contributed by atoms with Gasteiger partial charge in [0.15, 0.2) is 0 Å². The van der Waals surface area contributed by atoms with Gasteiger partial charge in [-0.25, -0.2) is 0 Å². The average molecular weight is 272 g/mol. The Hall–Kier alpha value is -0.555. The predicted molar refractivity (Wildman–Crippen MR) is 63.8 cm³/mol. The van der Waals surface area contributed by atoms with Crippen LogP contribution in [0.25, 0.3) is 10.1 Å². The van der Waals surface area contributed by atoms with E-state index in [4.69, 9.17) is 15.8 Å². The van der Waals surface area contributed by atoms with E-state index < -0.39 is 7.12 Å². The Morgan fingerprint density at radius 2 is 2.07 bits per heavy atom. The largest absolute Gasteiger partial charge is 0.489 e. The van der Waals surface area contributed by atoms with Gasteiger partial charge in [-0.1, -0.05) is 15.9 Å². The van der Waals surface area contributed by atoms with E-state index in [0.717, 1.165) is 14.6 Å². The Labute approximate surface area is 93.4 Å². The topological polar surface area (TPSA) is 66.5 Å². The number of thiophene rings is 1.